The van der Waals surface area contributed by atoms with Crippen LogP contribution in [0.1, 0.15) is 25.1 Å². The van der Waals surface area contributed by atoms with Gasteiger partial charge in [0, 0.05) is 60.4 Å². The molecule has 7 nitrogen and oxygen atoms in total. The maximum absolute atomic E-state index is 14.6. The Morgan fingerprint density at radius 2 is 1.84 bits per heavy atom. The van der Waals surface area contributed by atoms with Crippen molar-refractivity contribution in [2.45, 2.75) is 13.8 Å². The van der Waals surface area contributed by atoms with Gasteiger partial charge in [-0.2, -0.15) is 4.57 Å². The Balaban J connectivity index is 1.60. The van der Waals surface area contributed by atoms with Crippen LogP contribution in [0.25, 0.3) is 34.0 Å². The van der Waals surface area contributed by atoms with E-state index in [0.717, 1.165) is 40.8 Å². The number of aliphatic hydroxyl groups excluding tert-OH is 1. The lowest BCUT2D eigenvalue weighted by molar-refractivity contribution is -0.646. The highest BCUT2D eigenvalue weighted by atomic mass is 19.1. The molecule has 0 radical (unpaired) electrons. The molecule has 2 aromatic carbocycles. The summed E-state index contributed by atoms with van der Waals surface area (Å²) in [6.07, 6.45) is 3.59. The van der Waals surface area contributed by atoms with Gasteiger partial charge in [0.1, 0.15) is 18.4 Å². The highest BCUT2D eigenvalue weighted by Gasteiger charge is 2.14. The first-order valence-corrected chi connectivity index (χ1v) is 12.5. The molecule has 194 valence electrons. The summed E-state index contributed by atoms with van der Waals surface area (Å²) in [6, 6.07) is 14.7. The number of ether oxygens (including phenoxy) is 1. The molecule has 37 heavy (non-hydrogen) atoms. The van der Waals surface area contributed by atoms with E-state index in [1.165, 1.54) is 6.07 Å². The smallest absolute Gasteiger partial charge is 0.343 e. The fourth-order valence-electron chi connectivity index (χ4n) is 4.35. The van der Waals surface area contributed by atoms with E-state index in [2.05, 4.69) is 24.1 Å². The molecule has 0 bridgehead atoms. The molecule has 0 aliphatic carbocycles. The van der Waals surface area contributed by atoms with Crippen molar-refractivity contribution in [2.24, 2.45) is 7.05 Å². The number of rotatable bonds is 11. The van der Waals surface area contributed by atoms with E-state index < -0.39 is 5.63 Å². The second-order valence-corrected chi connectivity index (χ2v) is 8.69. The van der Waals surface area contributed by atoms with E-state index >= 15 is 0 Å². The highest BCUT2D eigenvalue weighted by Crippen LogP contribution is 2.23. The number of hydrogen-bond acceptors (Lipinski definition) is 6. The molecule has 2 heterocycles. The summed E-state index contributed by atoms with van der Waals surface area (Å²) in [5.74, 6) is -0.351. The normalized spacial score (nSPS) is 11.6. The SMILES string of the molecule is CCN(CC)c1ccc2cc(/C=C/c3ccc4cc(F)c(NCCOCCO)cc4[n+]3C)c(=O)oc2c1. The fraction of sp³-hybridized carbons (Fsp3) is 0.310. The number of benzene rings is 2. The van der Waals surface area contributed by atoms with Crippen molar-refractivity contribution in [3.63, 3.8) is 0 Å². The maximum atomic E-state index is 14.6. The Kier molecular flexibility index (Phi) is 8.53. The molecule has 2 aromatic heterocycles. The van der Waals surface area contributed by atoms with Gasteiger partial charge < -0.3 is 24.5 Å². The van der Waals surface area contributed by atoms with Crippen LogP contribution in [0.2, 0.25) is 0 Å². The molecule has 0 amide bonds. The van der Waals surface area contributed by atoms with Gasteiger partial charge >= 0.3 is 5.63 Å². The minimum absolute atomic E-state index is 0.0464. The minimum atomic E-state index is -0.402. The Bertz CT molecular complexity index is 1480. The van der Waals surface area contributed by atoms with Gasteiger partial charge in [0.15, 0.2) is 0 Å². The molecule has 0 saturated heterocycles. The molecule has 2 N–H and O–H groups in total. The van der Waals surface area contributed by atoms with Crippen molar-refractivity contribution < 1.29 is 23.2 Å². The predicted molar refractivity (Wildman–Crippen MR) is 146 cm³/mol. The van der Waals surface area contributed by atoms with Crippen molar-refractivity contribution in [3.05, 3.63) is 76.0 Å². The third kappa shape index (κ3) is 5.98. The zero-order valence-electron chi connectivity index (χ0n) is 21.5. The van der Waals surface area contributed by atoms with Crippen LogP contribution in [0, 0.1) is 5.82 Å². The molecular weight excluding hydrogens is 473 g/mol. The van der Waals surface area contributed by atoms with Crippen LogP contribution in [0.15, 0.2) is 57.7 Å². The average molecular weight is 507 g/mol. The minimum Gasteiger partial charge on any atom is -0.422 e. The number of pyridine rings is 1. The van der Waals surface area contributed by atoms with Gasteiger partial charge in [-0.15, -0.1) is 0 Å². The van der Waals surface area contributed by atoms with Crippen molar-refractivity contribution in [1.82, 2.24) is 0 Å². The molecule has 0 atom stereocenters. The maximum Gasteiger partial charge on any atom is 0.343 e. The number of hydrogen-bond donors (Lipinski definition) is 2. The lowest BCUT2D eigenvalue weighted by atomic mass is 10.1. The molecule has 0 fully saturated rings. The molecule has 8 heteroatoms. The third-order valence-corrected chi connectivity index (χ3v) is 6.40. The van der Waals surface area contributed by atoms with Crippen LogP contribution in [-0.2, 0) is 11.8 Å². The van der Waals surface area contributed by atoms with Crippen molar-refractivity contribution >= 4 is 45.4 Å². The van der Waals surface area contributed by atoms with Crippen molar-refractivity contribution in [3.8, 4) is 0 Å². The third-order valence-electron chi connectivity index (χ3n) is 6.40. The second-order valence-electron chi connectivity index (χ2n) is 8.69. The molecule has 0 spiro atoms. The Morgan fingerprint density at radius 1 is 1.05 bits per heavy atom. The number of aromatic nitrogens is 1. The van der Waals surface area contributed by atoms with Crippen LogP contribution < -0.4 is 20.4 Å². The molecule has 4 aromatic rings. The first-order chi connectivity index (χ1) is 17.9. The Labute approximate surface area is 215 Å². The Hall–Kier alpha value is -3.75. The van der Waals surface area contributed by atoms with Crippen LogP contribution in [0.5, 0.6) is 0 Å². The van der Waals surface area contributed by atoms with Gasteiger partial charge in [0.2, 0.25) is 11.2 Å². The fourth-order valence-corrected chi connectivity index (χ4v) is 4.35. The number of aryl methyl sites for hydroxylation is 1. The number of nitrogens with one attached hydrogen (secondary N) is 1. The van der Waals surface area contributed by atoms with Gasteiger partial charge in [-0.25, -0.2) is 9.18 Å². The number of nitrogens with zero attached hydrogens (tertiary/aromatic N) is 2. The average Bonchev–Trinajstić information content (AvgIpc) is 2.89. The first kappa shape index (κ1) is 26.3. The van der Waals surface area contributed by atoms with Gasteiger partial charge in [-0.1, -0.05) is 0 Å². The lowest BCUT2D eigenvalue weighted by Gasteiger charge is -2.20. The number of aliphatic hydroxyl groups is 1. The quantitative estimate of drug-likeness (QED) is 0.179. The summed E-state index contributed by atoms with van der Waals surface area (Å²) in [7, 11) is 1.89. The standard InChI is InChI=1S/C29H32FN3O4/c1-4-33(5-2)24-11-7-21-16-22(29(35)37-28(21)18-24)8-10-23-9-6-20-17-25(30)26(19-27(20)32(23)3)31-12-14-36-15-13-34/h6-11,16-19,34H,4-5,12-15H2,1-3H3/p+1/b10-8+. The summed E-state index contributed by atoms with van der Waals surface area (Å²) in [5, 5.41) is 13.4. The van der Waals surface area contributed by atoms with Crippen molar-refractivity contribution in [1.29, 1.82) is 0 Å². The second kappa shape index (κ2) is 12.0. The molecule has 0 aliphatic rings. The van der Waals surface area contributed by atoms with Gasteiger partial charge in [-0.05, 0) is 50.3 Å². The molecule has 0 saturated carbocycles. The highest BCUT2D eigenvalue weighted by molar-refractivity contribution is 5.84. The summed E-state index contributed by atoms with van der Waals surface area (Å²) < 4.78 is 27.4. The van der Waals surface area contributed by atoms with Gasteiger partial charge in [-0.3, -0.25) is 0 Å². The summed E-state index contributed by atoms with van der Waals surface area (Å²) in [6.45, 7) is 6.91. The van der Waals surface area contributed by atoms with Crippen molar-refractivity contribution in [2.75, 3.05) is 49.7 Å². The first-order valence-electron chi connectivity index (χ1n) is 12.5. The molecule has 4 rings (SSSR count). The summed E-state index contributed by atoms with van der Waals surface area (Å²) >= 11 is 0. The van der Waals surface area contributed by atoms with E-state index in [9.17, 15) is 9.18 Å². The van der Waals surface area contributed by atoms with Crippen LogP contribution in [0.4, 0.5) is 15.8 Å². The van der Waals surface area contributed by atoms with Crippen LogP contribution in [0.3, 0.4) is 0 Å². The largest absolute Gasteiger partial charge is 0.422 e. The van der Waals surface area contributed by atoms with E-state index in [1.54, 1.807) is 12.1 Å². The number of anilines is 2. The molecule has 0 unspecified atom stereocenters. The zero-order valence-corrected chi connectivity index (χ0v) is 21.5. The molecule has 0 aliphatic heterocycles. The van der Waals surface area contributed by atoms with Crippen LogP contribution in [-0.4, -0.2) is 44.6 Å². The number of fused-ring (bicyclic) bond motifs is 2. The van der Waals surface area contributed by atoms with Gasteiger partial charge in [0.25, 0.3) is 0 Å². The van der Waals surface area contributed by atoms with Crippen LogP contribution >= 0.6 is 0 Å². The monoisotopic (exact) mass is 506 g/mol. The lowest BCUT2D eigenvalue weighted by Crippen LogP contribution is -2.32. The Morgan fingerprint density at radius 3 is 2.59 bits per heavy atom. The zero-order chi connectivity index (χ0) is 26.4. The molecular formula is C29H33FN3O4+. The number of halogens is 1. The van der Waals surface area contributed by atoms with E-state index in [4.69, 9.17) is 14.3 Å². The summed E-state index contributed by atoms with van der Waals surface area (Å²) in [4.78, 5) is 14.9. The summed E-state index contributed by atoms with van der Waals surface area (Å²) in [5.41, 5.74) is 3.68. The van der Waals surface area contributed by atoms with E-state index in [1.807, 2.05) is 54.1 Å². The predicted octanol–water partition coefficient (Wildman–Crippen LogP) is 4.35. The van der Waals surface area contributed by atoms with E-state index in [0.29, 0.717) is 30.0 Å². The topological polar surface area (TPSA) is 78.8 Å². The van der Waals surface area contributed by atoms with E-state index in [-0.39, 0.29) is 19.0 Å². The van der Waals surface area contributed by atoms with Gasteiger partial charge in [0.05, 0.1) is 31.1 Å².